The molecule has 0 unspecified atom stereocenters. The van der Waals surface area contributed by atoms with Crippen LogP contribution in [0.3, 0.4) is 0 Å². The predicted molar refractivity (Wildman–Crippen MR) is 99.0 cm³/mol. The number of likely N-dealkylation sites (tertiary alicyclic amines) is 1. The van der Waals surface area contributed by atoms with Gasteiger partial charge in [-0.05, 0) is 18.6 Å². The number of carboxylic acid groups (broad SMARTS) is 1. The van der Waals surface area contributed by atoms with E-state index in [2.05, 4.69) is 5.32 Å². The number of carbonyl (C=O) groups is 3. The number of carboxylic acids is 1. The zero-order valence-corrected chi connectivity index (χ0v) is 15.2. The van der Waals surface area contributed by atoms with E-state index in [4.69, 9.17) is 0 Å². The number of phenols is 1. The first-order valence-electron chi connectivity index (χ1n) is 9.02. The Kier molecular flexibility index (Phi) is 4.19. The number of nitrogens with zero attached hydrogens (tertiary/aromatic N) is 1. The number of aliphatic carboxylic acids is 1. The van der Waals surface area contributed by atoms with Crippen molar-refractivity contribution in [2.45, 2.75) is 25.0 Å². The molecule has 0 radical (unpaired) electrons. The third-order valence-electron chi connectivity index (χ3n) is 5.78. The molecule has 7 nitrogen and oxygen atoms in total. The van der Waals surface area contributed by atoms with Crippen molar-refractivity contribution in [3.8, 4) is 5.75 Å². The first-order chi connectivity index (χ1) is 13.3. The number of hydrogen-bond donors (Lipinski definition) is 3. The molecule has 4 atom stereocenters. The van der Waals surface area contributed by atoms with Crippen LogP contribution in [0.2, 0.25) is 0 Å². The van der Waals surface area contributed by atoms with Gasteiger partial charge < -0.3 is 10.2 Å². The fourth-order valence-electron chi connectivity index (χ4n) is 4.33. The number of carbonyl (C=O) groups excluding carboxylic acids is 2. The number of benzene rings is 2. The highest BCUT2D eigenvalue weighted by molar-refractivity contribution is 6.09. The highest BCUT2D eigenvalue weighted by Gasteiger charge is 2.66. The fraction of sp³-hybridized carbons (Fsp3) is 0.286. The van der Waals surface area contributed by atoms with E-state index in [-0.39, 0.29) is 12.3 Å². The zero-order valence-electron chi connectivity index (χ0n) is 15.2. The maximum Gasteiger partial charge on any atom is 0.324 e. The predicted octanol–water partition coefficient (Wildman–Crippen LogP) is 1.68. The molecule has 0 spiro atoms. The third-order valence-corrected chi connectivity index (χ3v) is 5.78. The Hall–Kier alpha value is -3.19. The Balaban J connectivity index is 1.76. The van der Waals surface area contributed by atoms with Gasteiger partial charge in [-0.25, -0.2) is 0 Å². The highest BCUT2D eigenvalue weighted by Crippen LogP contribution is 2.50. The van der Waals surface area contributed by atoms with Crippen LogP contribution in [-0.4, -0.2) is 38.4 Å². The van der Waals surface area contributed by atoms with Gasteiger partial charge >= 0.3 is 5.97 Å². The van der Waals surface area contributed by atoms with Crippen molar-refractivity contribution in [3.63, 3.8) is 0 Å². The molecular weight excluding hydrogens is 360 g/mol. The van der Waals surface area contributed by atoms with E-state index in [1.165, 1.54) is 13.0 Å². The summed E-state index contributed by atoms with van der Waals surface area (Å²) in [5.74, 6) is -4.13. The van der Waals surface area contributed by atoms with E-state index < -0.39 is 41.2 Å². The largest absolute Gasteiger partial charge is 0.508 e. The van der Waals surface area contributed by atoms with Crippen molar-refractivity contribution in [2.24, 2.45) is 11.8 Å². The molecule has 7 heteroatoms. The Bertz CT molecular complexity index is 960. The molecule has 2 aliphatic heterocycles. The molecule has 0 aromatic heterocycles. The molecule has 2 aromatic carbocycles. The maximum absolute atomic E-state index is 13.2. The lowest BCUT2D eigenvalue weighted by molar-refractivity contribution is -0.150. The molecule has 4 rings (SSSR count). The van der Waals surface area contributed by atoms with Crippen molar-refractivity contribution in [1.82, 2.24) is 10.2 Å². The summed E-state index contributed by atoms with van der Waals surface area (Å²) in [5, 5.41) is 23.0. The van der Waals surface area contributed by atoms with E-state index in [1.807, 2.05) is 30.3 Å². The number of rotatable bonds is 4. The van der Waals surface area contributed by atoms with Crippen molar-refractivity contribution >= 4 is 17.8 Å². The summed E-state index contributed by atoms with van der Waals surface area (Å²) in [7, 11) is 0. The first-order valence-corrected chi connectivity index (χ1v) is 9.02. The summed E-state index contributed by atoms with van der Waals surface area (Å²) >= 11 is 0. The summed E-state index contributed by atoms with van der Waals surface area (Å²) in [6.45, 7) is 1.51. The van der Waals surface area contributed by atoms with Crippen LogP contribution in [0.4, 0.5) is 0 Å². The van der Waals surface area contributed by atoms with Crippen LogP contribution >= 0.6 is 0 Å². The summed E-state index contributed by atoms with van der Waals surface area (Å²) < 4.78 is 0. The molecule has 0 aliphatic carbocycles. The van der Waals surface area contributed by atoms with Gasteiger partial charge in [-0.1, -0.05) is 48.5 Å². The van der Waals surface area contributed by atoms with Gasteiger partial charge in [-0.3, -0.25) is 24.6 Å². The molecule has 144 valence electrons. The summed E-state index contributed by atoms with van der Waals surface area (Å²) in [5.41, 5.74) is -0.422. The van der Waals surface area contributed by atoms with Crippen LogP contribution in [0.25, 0.3) is 0 Å². The SMILES string of the molecule is C[C@]1(C(=O)O)N[C@H](c2ccccc2O)[C@H]2C(=O)N(Cc3ccccc3)C(=O)[C@@H]21. The average molecular weight is 380 g/mol. The normalized spacial score (nSPS) is 29.2. The van der Waals surface area contributed by atoms with Gasteiger partial charge in [-0.15, -0.1) is 0 Å². The quantitative estimate of drug-likeness (QED) is 0.697. The molecule has 2 heterocycles. The summed E-state index contributed by atoms with van der Waals surface area (Å²) in [6.07, 6.45) is 0. The van der Waals surface area contributed by atoms with Crippen LogP contribution < -0.4 is 5.32 Å². The van der Waals surface area contributed by atoms with Crippen LogP contribution in [-0.2, 0) is 20.9 Å². The number of fused-ring (bicyclic) bond motifs is 1. The van der Waals surface area contributed by atoms with Gasteiger partial charge in [0, 0.05) is 11.6 Å². The van der Waals surface area contributed by atoms with Gasteiger partial charge in [0.15, 0.2) is 0 Å². The maximum atomic E-state index is 13.2. The summed E-state index contributed by atoms with van der Waals surface area (Å²) in [6, 6.07) is 14.8. The number of para-hydroxylation sites is 1. The fourth-order valence-corrected chi connectivity index (χ4v) is 4.33. The van der Waals surface area contributed by atoms with E-state index in [9.17, 15) is 24.6 Å². The molecule has 0 saturated carbocycles. The smallest absolute Gasteiger partial charge is 0.324 e. The van der Waals surface area contributed by atoms with Crippen molar-refractivity contribution in [2.75, 3.05) is 0 Å². The Morgan fingerprint density at radius 3 is 2.36 bits per heavy atom. The zero-order chi connectivity index (χ0) is 20.1. The van der Waals surface area contributed by atoms with Crippen LogP contribution in [0.5, 0.6) is 5.75 Å². The first kappa shape index (κ1) is 18.2. The lowest BCUT2D eigenvalue weighted by Gasteiger charge is -2.27. The average Bonchev–Trinajstić information content (AvgIpc) is 3.12. The number of imide groups is 1. The third kappa shape index (κ3) is 2.58. The topological polar surface area (TPSA) is 107 Å². The van der Waals surface area contributed by atoms with Gasteiger partial charge in [0.2, 0.25) is 11.8 Å². The van der Waals surface area contributed by atoms with Crippen molar-refractivity contribution in [3.05, 3.63) is 65.7 Å². The minimum absolute atomic E-state index is 0.0462. The van der Waals surface area contributed by atoms with Crippen LogP contribution in [0.15, 0.2) is 54.6 Å². The lowest BCUT2D eigenvalue weighted by atomic mass is 9.80. The summed E-state index contributed by atoms with van der Waals surface area (Å²) in [4.78, 5) is 39.5. The second kappa shape index (κ2) is 6.45. The molecule has 28 heavy (non-hydrogen) atoms. The molecule has 2 amide bonds. The van der Waals surface area contributed by atoms with E-state index in [0.717, 1.165) is 10.5 Å². The van der Waals surface area contributed by atoms with Crippen LogP contribution in [0.1, 0.15) is 24.1 Å². The second-order valence-electron chi connectivity index (χ2n) is 7.44. The molecule has 2 fully saturated rings. The Morgan fingerprint density at radius 2 is 1.71 bits per heavy atom. The second-order valence-corrected chi connectivity index (χ2v) is 7.44. The lowest BCUT2D eigenvalue weighted by Crippen LogP contribution is -2.53. The van der Waals surface area contributed by atoms with Crippen LogP contribution in [0, 0.1) is 11.8 Å². The van der Waals surface area contributed by atoms with Gasteiger partial charge in [-0.2, -0.15) is 0 Å². The number of aromatic hydroxyl groups is 1. The molecular formula is C21H20N2O5. The highest BCUT2D eigenvalue weighted by atomic mass is 16.4. The van der Waals surface area contributed by atoms with Gasteiger partial charge in [0.05, 0.1) is 18.4 Å². The van der Waals surface area contributed by atoms with Crippen molar-refractivity contribution in [1.29, 1.82) is 0 Å². The molecule has 2 aromatic rings. The number of hydrogen-bond acceptors (Lipinski definition) is 5. The van der Waals surface area contributed by atoms with Gasteiger partial charge in [0.1, 0.15) is 11.3 Å². The monoisotopic (exact) mass is 380 g/mol. The molecule has 2 saturated heterocycles. The van der Waals surface area contributed by atoms with Gasteiger partial charge in [0.25, 0.3) is 0 Å². The minimum atomic E-state index is -1.62. The standard InChI is InChI=1S/C21H20N2O5/c1-21(20(27)28)16-15(17(22-21)13-9-5-6-10-14(13)24)18(25)23(19(16)26)11-12-7-3-2-4-8-12/h2-10,15-17,22,24H,11H2,1H3,(H,27,28)/t15-,16+,17+,21-/m0/s1. The molecule has 0 bridgehead atoms. The number of amides is 2. The number of phenolic OH excluding ortho intramolecular Hbond substituents is 1. The van der Waals surface area contributed by atoms with E-state index in [1.54, 1.807) is 18.2 Å². The Labute approximate surface area is 161 Å². The molecule has 3 N–H and O–H groups in total. The van der Waals surface area contributed by atoms with Crippen molar-refractivity contribution < 1.29 is 24.6 Å². The molecule has 2 aliphatic rings. The van der Waals surface area contributed by atoms with E-state index in [0.29, 0.717) is 5.56 Å². The minimum Gasteiger partial charge on any atom is -0.508 e. The number of nitrogens with one attached hydrogen (secondary N) is 1. The van der Waals surface area contributed by atoms with E-state index >= 15 is 0 Å². The Morgan fingerprint density at radius 1 is 1.07 bits per heavy atom.